The predicted octanol–water partition coefficient (Wildman–Crippen LogP) is 4.82. The summed E-state index contributed by atoms with van der Waals surface area (Å²) in [6.07, 6.45) is -0.590. The zero-order chi connectivity index (χ0) is 23.1. The normalized spacial score (nSPS) is 11.2. The van der Waals surface area contributed by atoms with Crippen LogP contribution in [0, 0.1) is 0 Å². The molecular weight excluding hydrogens is 442 g/mol. The first-order chi connectivity index (χ1) is 15.9. The molecule has 0 saturated heterocycles. The van der Waals surface area contributed by atoms with Crippen molar-refractivity contribution >= 4 is 45.4 Å². The largest absolute Gasteiger partial charge is 0.465 e. The molecule has 0 atom stereocenters. The van der Waals surface area contributed by atoms with Crippen molar-refractivity contribution in [3.63, 3.8) is 0 Å². The topological polar surface area (TPSA) is 115 Å². The van der Waals surface area contributed by atoms with Gasteiger partial charge in [-0.05, 0) is 41.5 Å². The van der Waals surface area contributed by atoms with E-state index in [2.05, 4.69) is 20.2 Å². The van der Waals surface area contributed by atoms with Gasteiger partial charge in [0.2, 0.25) is 5.95 Å². The van der Waals surface area contributed by atoms with Crippen molar-refractivity contribution in [2.24, 2.45) is 0 Å². The highest BCUT2D eigenvalue weighted by molar-refractivity contribution is 6.33. The van der Waals surface area contributed by atoms with Crippen molar-refractivity contribution in [1.82, 2.24) is 20.2 Å². The molecule has 0 spiro atoms. The number of benzene rings is 3. The fourth-order valence-corrected chi connectivity index (χ4v) is 4.04. The van der Waals surface area contributed by atoms with E-state index < -0.39 is 6.09 Å². The number of nitrogens with zero attached hydrogens (tertiary/aromatic N) is 3. The molecule has 0 radical (unpaired) electrons. The summed E-state index contributed by atoms with van der Waals surface area (Å²) in [4.78, 5) is 31.7. The molecule has 0 aliphatic heterocycles. The van der Waals surface area contributed by atoms with Gasteiger partial charge in [-0.15, -0.1) is 0 Å². The maximum Gasteiger partial charge on any atom is 0.413 e. The van der Waals surface area contributed by atoms with Crippen LogP contribution in [0.4, 0.5) is 10.7 Å². The van der Waals surface area contributed by atoms with E-state index in [0.717, 1.165) is 38.2 Å². The molecule has 5 rings (SSSR count). The van der Waals surface area contributed by atoms with Gasteiger partial charge < -0.3 is 10.1 Å². The minimum absolute atomic E-state index is 0.216. The molecule has 8 nitrogen and oxygen atoms in total. The van der Waals surface area contributed by atoms with Gasteiger partial charge >= 0.3 is 6.09 Å². The minimum Gasteiger partial charge on any atom is -0.465 e. The van der Waals surface area contributed by atoms with Crippen LogP contribution in [0.5, 0.6) is 0 Å². The molecule has 3 N–H and O–H groups in total. The van der Waals surface area contributed by atoms with Gasteiger partial charge in [0.1, 0.15) is 0 Å². The number of nitrogens with one attached hydrogen (secondary N) is 2. The number of amides is 1. The van der Waals surface area contributed by atoms with Crippen LogP contribution in [-0.2, 0) is 6.42 Å². The molecule has 0 unspecified atom stereocenters. The maximum atomic E-state index is 12.1. The Morgan fingerprint density at radius 2 is 1.88 bits per heavy atom. The molecule has 2 heterocycles. The Kier molecular flexibility index (Phi) is 5.07. The fourth-order valence-electron chi connectivity index (χ4n) is 3.81. The maximum absolute atomic E-state index is 12.1. The van der Waals surface area contributed by atoms with Gasteiger partial charge in [0, 0.05) is 29.4 Å². The first-order valence-corrected chi connectivity index (χ1v) is 10.5. The molecule has 0 aliphatic rings. The van der Waals surface area contributed by atoms with Crippen molar-refractivity contribution in [2.45, 2.75) is 6.42 Å². The van der Waals surface area contributed by atoms with Crippen molar-refractivity contribution in [2.75, 3.05) is 11.9 Å². The average Bonchev–Trinajstić information content (AvgIpc) is 3.25. The van der Waals surface area contributed by atoms with Crippen molar-refractivity contribution < 1.29 is 9.90 Å². The summed E-state index contributed by atoms with van der Waals surface area (Å²) in [5.74, 6) is 0.241. The molecule has 0 aliphatic carbocycles. The lowest BCUT2D eigenvalue weighted by molar-refractivity contribution is 0.203. The van der Waals surface area contributed by atoms with E-state index in [1.54, 1.807) is 6.07 Å². The van der Waals surface area contributed by atoms with Crippen molar-refractivity contribution in [3.8, 4) is 11.1 Å². The smallest absolute Gasteiger partial charge is 0.413 e. The highest BCUT2D eigenvalue weighted by Gasteiger charge is 2.15. The first kappa shape index (κ1) is 20.7. The summed E-state index contributed by atoms with van der Waals surface area (Å²) in [5, 5.41) is 18.0. The van der Waals surface area contributed by atoms with Gasteiger partial charge in [0.25, 0.3) is 5.56 Å². The Morgan fingerprint density at radius 1 is 1.09 bits per heavy atom. The van der Waals surface area contributed by atoms with E-state index in [9.17, 15) is 14.7 Å². The lowest BCUT2D eigenvalue weighted by atomic mass is 9.99. The standard InChI is InChI=1S/C24H18ClN5O3/c1-30(24(32)33)23-26-19-9-7-14(12-21(19)27-23)17-10-13(6-8-18(17)25)11-20-15-4-2-3-5-16(15)22(31)29-28-20/h2-10,12H,11H2,1H3,(H,26,27)(H,29,31)(H,32,33). The zero-order valence-corrected chi connectivity index (χ0v) is 18.2. The number of carbonyl (C=O) groups is 1. The summed E-state index contributed by atoms with van der Waals surface area (Å²) < 4.78 is 0. The zero-order valence-electron chi connectivity index (χ0n) is 17.5. The second-order valence-electron chi connectivity index (χ2n) is 7.67. The van der Waals surface area contributed by atoms with Gasteiger partial charge in [-0.25, -0.2) is 14.9 Å². The summed E-state index contributed by atoms with van der Waals surface area (Å²) in [5.41, 5.74) is 4.55. The van der Waals surface area contributed by atoms with Crippen LogP contribution in [0.15, 0.2) is 65.5 Å². The summed E-state index contributed by atoms with van der Waals surface area (Å²) in [7, 11) is 1.43. The number of H-pyrrole nitrogens is 2. The monoisotopic (exact) mass is 459 g/mol. The third-order valence-electron chi connectivity index (χ3n) is 5.56. The molecule has 164 valence electrons. The average molecular weight is 460 g/mol. The Bertz CT molecular complexity index is 1590. The van der Waals surface area contributed by atoms with Crippen LogP contribution in [0.1, 0.15) is 11.3 Å². The number of carboxylic acid groups (broad SMARTS) is 1. The first-order valence-electron chi connectivity index (χ1n) is 10.1. The molecule has 33 heavy (non-hydrogen) atoms. The van der Waals surface area contributed by atoms with Gasteiger partial charge in [0.15, 0.2) is 0 Å². The molecule has 9 heteroatoms. The highest BCUT2D eigenvalue weighted by atomic mass is 35.5. The van der Waals surface area contributed by atoms with Gasteiger partial charge in [0.05, 0.1) is 22.1 Å². The summed E-state index contributed by atoms with van der Waals surface area (Å²) in [6, 6.07) is 18.7. The van der Waals surface area contributed by atoms with Gasteiger partial charge in [-0.1, -0.05) is 41.9 Å². The molecular formula is C24H18ClN5O3. The Labute approximate surface area is 192 Å². The fraction of sp³-hybridized carbons (Fsp3) is 0.0833. The number of hydrogen-bond donors (Lipinski definition) is 3. The quantitative estimate of drug-likeness (QED) is 0.356. The molecule has 0 fully saturated rings. The van der Waals surface area contributed by atoms with Gasteiger partial charge in [-0.2, -0.15) is 5.10 Å². The van der Waals surface area contributed by atoms with E-state index in [1.807, 2.05) is 54.6 Å². The molecule has 0 bridgehead atoms. The summed E-state index contributed by atoms with van der Waals surface area (Å²) >= 11 is 6.52. The molecule has 2 aromatic heterocycles. The third kappa shape index (κ3) is 3.81. The lowest BCUT2D eigenvalue weighted by Gasteiger charge is -2.09. The number of rotatable bonds is 4. The Balaban J connectivity index is 1.53. The van der Waals surface area contributed by atoms with Gasteiger partial charge in [-0.3, -0.25) is 9.69 Å². The number of halogens is 1. The molecule has 5 aromatic rings. The van der Waals surface area contributed by atoms with E-state index >= 15 is 0 Å². The number of aromatic amines is 2. The Morgan fingerprint density at radius 3 is 2.67 bits per heavy atom. The number of imidazole rings is 1. The van der Waals surface area contributed by atoms with Crippen LogP contribution in [-0.4, -0.2) is 38.4 Å². The van der Waals surface area contributed by atoms with Crippen molar-refractivity contribution in [3.05, 3.63) is 87.3 Å². The van der Waals surface area contributed by atoms with Crippen LogP contribution in [0.2, 0.25) is 5.02 Å². The van der Waals surface area contributed by atoms with Crippen molar-refractivity contribution in [1.29, 1.82) is 0 Å². The van der Waals surface area contributed by atoms with E-state index in [4.69, 9.17) is 11.6 Å². The second kappa shape index (κ2) is 8.07. The summed E-state index contributed by atoms with van der Waals surface area (Å²) in [6.45, 7) is 0. The molecule has 1 amide bonds. The molecule has 3 aromatic carbocycles. The van der Waals surface area contributed by atoms with Crippen LogP contribution < -0.4 is 10.5 Å². The SMILES string of the molecule is CN(C(=O)O)c1nc2cc(-c3cc(Cc4n[nH]c(=O)c5ccccc45)ccc3Cl)ccc2[nH]1. The van der Waals surface area contributed by atoms with E-state index in [1.165, 1.54) is 7.05 Å². The molecule has 0 saturated carbocycles. The van der Waals surface area contributed by atoms with E-state index in [0.29, 0.717) is 22.3 Å². The highest BCUT2D eigenvalue weighted by Crippen LogP contribution is 2.32. The number of anilines is 1. The third-order valence-corrected chi connectivity index (χ3v) is 5.89. The van der Waals surface area contributed by atoms with Crippen LogP contribution in [0.25, 0.3) is 32.9 Å². The lowest BCUT2D eigenvalue weighted by Crippen LogP contribution is -2.24. The number of fused-ring (bicyclic) bond motifs is 2. The predicted molar refractivity (Wildman–Crippen MR) is 128 cm³/mol. The number of hydrogen-bond acceptors (Lipinski definition) is 4. The van der Waals surface area contributed by atoms with Crippen LogP contribution in [0.3, 0.4) is 0 Å². The number of aromatic nitrogens is 4. The van der Waals surface area contributed by atoms with Crippen LogP contribution >= 0.6 is 11.6 Å². The second-order valence-corrected chi connectivity index (χ2v) is 8.08. The minimum atomic E-state index is -1.10. The Hall–Kier alpha value is -4.17. The van der Waals surface area contributed by atoms with E-state index in [-0.39, 0.29) is 11.5 Å².